The third-order valence-electron chi connectivity index (χ3n) is 6.23. The lowest BCUT2D eigenvalue weighted by Gasteiger charge is -2.33. The van der Waals surface area contributed by atoms with Crippen molar-refractivity contribution in [3.05, 3.63) is 39.6 Å². The molecule has 4 heterocycles. The Morgan fingerprint density at radius 1 is 1.18 bits per heavy atom. The molecule has 0 amide bonds. The Hall–Kier alpha value is -2.15. The van der Waals surface area contributed by atoms with Gasteiger partial charge in [-0.1, -0.05) is 0 Å². The standard InChI is InChI=1S/C21H32N6O/c1-3-27-16(2)18(13-22-27)15-25-9-7-8-17(14-25)19-12-20(28)24-21(23-19)26-10-5-4-6-11-26/h12-13,17H,3-11,14-15H2,1-2H3,(H,23,24,28)/t17-/m1/s1. The molecule has 2 aliphatic heterocycles. The van der Waals surface area contributed by atoms with Crippen molar-refractivity contribution in [2.75, 3.05) is 31.1 Å². The highest BCUT2D eigenvalue weighted by molar-refractivity contribution is 5.31. The fourth-order valence-electron chi connectivity index (χ4n) is 4.57. The molecule has 7 nitrogen and oxygen atoms in total. The summed E-state index contributed by atoms with van der Waals surface area (Å²) in [6.45, 7) is 10.1. The molecule has 7 heteroatoms. The van der Waals surface area contributed by atoms with Gasteiger partial charge in [0.05, 0.1) is 11.9 Å². The van der Waals surface area contributed by atoms with Gasteiger partial charge in [0.25, 0.3) is 5.56 Å². The van der Waals surface area contributed by atoms with Gasteiger partial charge in [0, 0.05) is 56.0 Å². The quantitative estimate of drug-likeness (QED) is 0.858. The Kier molecular flexibility index (Phi) is 5.80. The number of aromatic nitrogens is 4. The molecule has 152 valence electrons. The van der Waals surface area contributed by atoms with Gasteiger partial charge in [-0.25, -0.2) is 4.98 Å². The number of aromatic amines is 1. The molecule has 2 aliphatic rings. The van der Waals surface area contributed by atoms with Crippen LogP contribution < -0.4 is 10.5 Å². The lowest BCUT2D eigenvalue weighted by atomic mass is 9.94. The number of hydrogen-bond donors (Lipinski definition) is 1. The number of H-pyrrole nitrogens is 1. The molecule has 0 bridgehead atoms. The van der Waals surface area contributed by atoms with E-state index in [4.69, 9.17) is 4.98 Å². The molecular weight excluding hydrogens is 352 g/mol. The van der Waals surface area contributed by atoms with Crippen LogP contribution in [0.3, 0.4) is 0 Å². The minimum atomic E-state index is -0.0252. The molecule has 0 radical (unpaired) electrons. The second kappa shape index (κ2) is 8.47. The molecule has 2 fully saturated rings. The maximum atomic E-state index is 12.3. The van der Waals surface area contributed by atoms with Crippen LogP contribution in [0, 0.1) is 6.92 Å². The Morgan fingerprint density at radius 2 is 2.00 bits per heavy atom. The summed E-state index contributed by atoms with van der Waals surface area (Å²) in [5.41, 5.74) is 3.49. The van der Waals surface area contributed by atoms with Crippen LogP contribution in [0.15, 0.2) is 17.1 Å². The van der Waals surface area contributed by atoms with Crippen molar-refractivity contribution in [1.82, 2.24) is 24.6 Å². The van der Waals surface area contributed by atoms with Crippen LogP contribution in [0.5, 0.6) is 0 Å². The van der Waals surface area contributed by atoms with Crippen molar-refractivity contribution in [2.24, 2.45) is 0 Å². The van der Waals surface area contributed by atoms with Gasteiger partial charge in [0.1, 0.15) is 0 Å². The predicted molar refractivity (Wildman–Crippen MR) is 111 cm³/mol. The number of hydrogen-bond acceptors (Lipinski definition) is 5. The smallest absolute Gasteiger partial charge is 0.252 e. The van der Waals surface area contributed by atoms with Crippen LogP contribution in [-0.2, 0) is 13.1 Å². The number of likely N-dealkylation sites (tertiary alicyclic amines) is 1. The minimum absolute atomic E-state index is 0.0252. The van der Waals surface area contributed by atoms with Crippen LogP contribution in [0.25, 0.3) is 0 Å². The summed E-state index contributed by atoms with van der Waals surface area (Å²) >= 11 is 0. The fraction of sp³-hybridized carbons (Fsp3) is 0.667. The van der Waals surface area contributed by atoms with E-state index in [1.165, 1.54) is 30.5 Å². The Labute approximate surface area is 166 Å². The zero-order chi connectivity index (χ0) is 19.5. The lowest BCUT2D eigenvalue weighted by Crippen LogP contribution is -2.36. The predicted octanol–water partition coefficient (Wildman–Crippen LogP) is 2.66. The van der Waals surface area contributed by atoms with E-state index in [0.29, 0.717) is 5.92 Å². The highest BCUT2D eigenvalue weighted by atomic mass is 16.1. The van der Waals surface area contributed by atoms with Gasteiger partial charge < -0.3 is 4.90 Å². The maximum Gasteiger partial charge on any atom is 0.252 e. The molecule has 1 atom stereocenters. The topological polar surface area (TPSA) is 70.1 Å². The van der Waals surface area contributed by atoms with Gasteiger partial charge in [-0.05, 0) is 52.5 Å². The molecule has 0 spiro atoms. The first-order valence-corrected chi connectivity index (χ1v) is 10.7. The molecule has 0 aliphatic carbocycles. The molecular formula is C21H32N6O. The molecule has 2 aromatic heterocycles. The summed E-state index contributed by atoms with van der Waals surface area (Å²) < 4.78 is 2.06. The summed E-state index contributed by atoms with van der Waals surface area (Å²) in [4.78, 5) is 24.9. The second-order valence-electron chi connectivity index (χ2n) is 8.19. The van der Waals surface area contributed by atoms with Crippen LogP contribution in [0.2, 0.25) is 0 Å². The maximum absolute atomic E-state index is 12.3. The van der Waals surface area contributed by atoms with E-state index in [1.807, 2.05) is 6.20 Å². The van der Waals surface area contributed by atoms with Gasteiger partial charge in [0.15, 0.2) is 0 Å². The van der Waals surface area contributed by atoms with E-state index in [-0.39, 0.29) is 5.56 Å². The summed E-state index contributed by atoms with van der Waals surface area (Å²) in [5.74, 6) is 1.08. The van der Waals surface area contributed by atoms with Gasteiger partial charge >= 0.3 is 0 Å². The first-order chi connectivity index (χ1) is 13.6. The Balaban J connectivity index is 1.48. The zero-order valence-corrected chi connectivity index (χ0v) is 17.2. The number of piperidine rings is 2. The molecule has 1 N–H and O–H groups in total. The van der Waals surface area contributed by atoms with Crippen LogP contribution in [-0.4, -0.2) is 50.8 Å². The SMILES string of the molecule is CCn1ncc(CN2CCC[C@@H](c3cc(=O)[nH]c(N4CCCCC4)n3)C2)c1C. The third kappa shape index (κ3) is 4.14. The molecule has 0 saturated carbocycles. The van der Waals surface area contributed by atoms with Crippen molar-refractivity contribution in [2.45, 2.75) is 65.0 Å². The molecule has 0 aromatic carbocycles. The van der Waals surface area contributed by atoms with E-state index in [0.717, 1.165) is 63.8 Å². The zero-order valence-electron chi connectivity index (χ0n) is 17.2. The highest BCUT2D eigenvalue weighted by Crippen LogP contribution is 2.27. The molecule has 2 saturated heterocycles. The molecule has 4 rings (SSSR count). The summed E-state index contributed by atoms with van der Waals surface area (Å²) in [6, 6.07) is 1.71. The van der Waals surface area contributed by atoms with Gasteiger partial charge in [0.2, 0.25) is 5.95 Å². The van der Waals surface area contributed by atoms with Crippen molar-refractivity contribution in [1.29, 1.82) is 0 Å². The number of rotatable bonds is 5. The van der Waals surface area contributed by atoms with Crippen LogP contribution >= 0.6 is 0 Å². The minimum Gasteiger partial charge on any atom is -0.342 e. The van der Waals surface area contributed by atoms with Crippen molar-refractivity contribution < 1.29 is 0 Å². The van der Waals surface area contributed by atoms with Crippen LogP contribution in [0.4, 0.5) is 5.95 Å². The largest absolute Gasteiger partial charge is 0.342 e. The van der Waals surface area contributed by atoms with E-state index >= 15 is 0 Å². The Bertz CT molecular complexity index is 851. The normalized spacial score (nSPS) is 21.2. The summed E-state index contributed by atoms with van der Waals surface area (Å²) in [5, 5.41) is 4.48. The van der Waals surface area contributed by atoms with Crippen molar-refractivity contribution >= 4 is 5.95 Å². The van der Waals surface area contributed by atoms with E-state index in [9.17, 15) is 4.79 Å². The van der Waals surface area contributed by atoms with Gasteiger partial charge in [-0.2, -0.15) is 5.10 Å². The number of aryl methyl sites for hydroxylation is 1. The van der Waals surface area contributed by atoms with E-state index in [2.05, 4.69) is 38.4 Å². The Morgan fingerprint density at radius 3 is 2.75 bits per heavy atom. The van der Waals surface area contributed by atoms with Gasteiger partial charge in [-0.3, -0.25) is 19.4 Å². The lowest BCUT2D eigenvalue weighted by molar-refractivity contribution is 0.198. The summed E-state index contributed by atoms with van der Waals surface area (Å²) in [6.07, 6.45) is 7.86. The summed E-state index contributed by atoms with van der Waals surface area (Å²) in [7, 11) is 0. The third-order valence-corrected chi connectivity index (χ3v) is 6.23. The highest BCUT2D eigenvalue weighted by Gasteiger charge is 2.25. The van der Waals surface area contributed by atoms with E-state index < -0.39 is 0 Å². The number of anilines is 1. The van der Waals surface area contributed by atoms with Crippen molar-refractivity contribution in [3.8, 4) is 0 Å². The molecule has 0 unspecified atom stereocenters. The fourth-order valence-corrected chi connectivity index (χ4v) is 4.57. The second-order valence-corrected chi connectivity index (χ2v) is 8.19. The number of nitrogens with one attached hydrogen (secondary N) is 1. The average molecular weight is 385 g/mol. The van der Waals surface area contributed by atoms with E-state index in [1.54, 1.807) is 6.07 Å². The first-order valence-electron chi connectivity index (χ1n) is 10.7. The van der Waals surface area contributed by atoms with Crippen molar-refractivity contribution in [3.63, 3.8) is 0 Å². The monoisotopic (exact) mass is 384 g/mol. The molecule has 2 aromatic rings. The molecule has 28 heavy (non-hydrogen) atoms. The average Bonchev–Trinajstić information content (AvgIpc) is 3.08. The first kappa shape index (κ1) is 19.2. The van der Waals surface area contributed by atoms with Crippen LogP contribution in [0.1, 0.15) is 61.9 Å². The number of nitrogens with zero attached hydrogens (tertiary/aromatic N) is 5. The van der Waals surface area contributed by atoms with Gasteiger partial charge in [-0.15, -0.1) is 0 Å².